The van der Waals surface area contributed by atoms with E-state index >= 15 is 0 Å². The van der Waals surface area contributed by atoms with Crippen LogP contribution >= 0.6 is 0 Å². The minimum Gasteiger partial charge on any atom is -0.394 e. The number of nitrogens with zero attached hydrogens (tertiary/aromatic N) is 1. The van der Waals surface area contributed by atoms with Crippen molar-refractivity contribution >= 4 is 0 Å². The van der Waals surface area contributed by atoms with Crippen LogP contribution in [0, 0.1) is 5.92 Å². The molecule has 0 radical (unpaired) electrons. The smallest absolute Gasteiger partial charge is 0.0616 e. The van der Waals surface area contributed by atoms with Crippen LogP contribution in [0.15, 0.2) is 0 Å². The zero-order valence-electron chi connectivity index (χ0n) is 14.7. The summed E-state index contributed by atoms with van der Waals surface area (Å²) in [5, 5.41) is 13.6. The second kappa shape index (κ2) is 9.09. The van der Waals surface area contributed by atoms with E-state index in [0.717, 1.165) is 32.5 Å². The van der Waals surface area contributed by atoms with Crippen LogP contribution in [0.5, 0.6) is 0 Å². The Hall–Kier alpha value is -0.160. The Morgan fingerprint density at radius 2 is 2.00 bits per heavy atom. The molecule has 0 aromatic rings. The first-order valence-electron chi connectivity index (χ1n) is 8.56. The monoisotopic (exact) mass is 300 g/mol. The highest BCUT2D eigenvalue weighted by Crippen LogP contribution is 2.38. The molecule has 0 saturated heterocycles. The average molecular weight is 300 g/mol. The van der Waals surface area contributed by atoms with Gasteiger partial charge in [-0.15, -0.1) is 0 Å². The summed E-state index contributed by atoms with van der Waals surface area (Å²) >= 11 is 0. The summed E-state index contributed by atoms with van der Waals surface area (Å²) in [4.78, 5) is 2.49. The molecule has 2 atom stereocenters. The van der Waals surface area contributed by atoms with Gasteiger partial charge in [-0.25, -0.2) is 0 Å². The topological polar surface area (TPSA) is 44.7 Å². The van der Waals surface area contributed by atoms with E-state index in [-0.39, 0.29) is 12.1 Å². The Balaban J connectivity index is 2.58. The van der Waals surface area contributed by atoms with E-state index in [1.165, 1.54) is 12.8 Å². The molecule has 1 aliphatic rings. The molecule has 4 nitrogen and oxygen atoms in total. The zero-order chi connectivity index (χ0) is 15.9. The molecule has 0 heterocycles. The maximum absolute atomic E-state index is 9.96. The zero-order valence-corrected chi connectivity index (χ0v) is 14.7. The second-order valence-electron chi connectivity index (χ2n) is 7.11. The molecule has 1 saturated carbocycles. The van der Waals surface area contributed by atoms with Crippen molar-refractivity contribution in [2.75, 3.05) is 33.4 Å². The Morgan fingerprint density at radius 1 is 1.29 bits per heavy atom. The molecule has 2 unspecified atom stereocenters. The van der Waals surface area contributed by atoms with Crippen molar-refractivity contribution in [3.63, 3.8) is 0 Å². The number of hydrogen-bond acceptors (Lipinski definition) is 4. The SMILES string of the molecule is COCCN(CCC1CCCC1(CO)NC(C)C)C(C)C. The van der Waals surface area contributed by atoms with Crippen LogP contribution in [0.25, 0.3) is 0 Å². The Labute approximate surface area is 131 Å². The Morgan fingerprint density at radius 3 is 2.52 bits per heavy atom. The highest BCUT2D eigenvalue weighted by Gasteiger charge is 2.42. The molecule has 126 valence electrons. The molecule has 0 aliphatic heterocycles. The fraction of sp³-hybridized carbons (Fsp3) is 1.00. The van der Waals surface area contributed by atoms with Crippen LogP contribution in [0.3, 0.4) is 0 Å². The van der Waals surface area contributed by atoms with Gasteiger partial charge in [0, 0.05) is 31.3 Å². The van der Waals surface area contributed by atoms with Crippen molar-refractivity contribution in [3.05, 3.63) is 0 Å². The molecule has 1 aliphatic carbocycles. The number of ether oxygens (including phenoxy) is 1. The maximum atomic E-state index is 9.96. The first-order chi connectivity index (χ1) is 9.95. The lowest BCUT2D eigenvalue weighted by Crippen LogP contribution is -2.54. The van der Waals surface area contributed by atoms with E-state index in [9.17, 15) is 5.11 Å². The van der Waals surface area contributed by atoms with Gasteiger partial charge in [-0.3, -0.25) is 4.90 Å². The van der Waals surface area contributed by atoms with Gasteiger partial charge >= 0.3 is 0 Å². The predicted molar refractivity (Wildman–Crippen MR) is 88.6 cm³/mol. The van der Waals surface area contributed by atoms with Crippen LogP contribution in [0.1, 0.15) is 53.4 Å². The van der Waals surface area contributed by atoms with Gasteiger partial charge in [0.2, 0.25) is 0 Å². The van der Waals surface area contributed by atoms with Gasteiger partial charge in [-0.1, -0.05) is 20.3 Å². The van der Waals surface area contributed by atoms with E-state index in [2.05, 4.69) is 37.9 Å². The summed E-state index contributed by atoms with van der Waals surface area (Å²) < 4.78 is 5.22. The van der Waals surface area contributed by atoms with Crippen molar-refractivity contribution in [1.82, 2.24) is 10.2 Å². The normalized spacial score (nSPS) is 26.4. The molecule has 0 spiro atoms. The molecular formula is C17H36N2O2. The Bertz CT molecular complexity index is 284. The minimum atomic E-state index is -0.0575. The van der Waals surface area contributed by atoms with Crippen molar-refractivity contribution in [2.24, 2.45) is 5.92 Å². The molecular weight excluding hydrogens is 264 g/mol. The third-order valence-electron chi connectivity index (χ3n) is 4.89. The summed E-state index contributed by atoms with van der Waals surface area (Å²) in [6.45, 7) is 12.0. The van der Waals surface area contributed by atoms with Gasteiger partial charge in [0.05, 0.1) is 13.2 Å². The van der Waals surface area contributed by atoms with Gasteiger partial charge < -0.3 is 15.2 Å². The molecule has 0 aromatic heterocycles. The number of aliphatic hydroxyl groups is 1. The number of hydrogen-bond donors (Lipinski definition) is 2. The molecule has 0 amide bonds. The van der Waals surface area contributed by atoms with Gasteiger partial charge in [-0.05, 0) is 45.6 Å². The molecule has 1 rings (SSSR count). The third-order valence-corrected chi connectivity index (χ3v) is 4.89. The average Bonchev–Trinajstić information content (AvgIpc) is 2.81. The number of nitrogens with one attached hydrogen (secondary N) is 1. The van der Waals surface area contributed by atoms with Gasteiger partial charge in [-0.2, -0.15) is 0 Å². The molecule has 4 heteroatoms. The first-order valence-corrected chi connectivity index (χ1v) is 8.56. The molecule has 2 N–H and O–H groups in total. The van der Waals surface area contributed by atoms with Crippen molar-refractivity contribution < 1.29 is 9.84 Å². The van der Waals surface area contributed by atoms with E-state index in [4.69, 9.17) is 4.74 Å². The quantitative estimate of drug-likeness (QED) is 0.649. The third kappa shape index (κ3) is 5.51. The maximum Gasteiger partial charge on any atom is 0.0616 e. The van der Waals surface area contributed by atoms with Gasteiger partial charge in [0.25, 0.3) is 0 Å². The van der Waals surface area contributed by atoms with Crippen LogP contribution < -0.4 is 5.32 Å². The van der Waals surface area contributed by atoms with Crippen molar-refractivity contribution in [3.8, 4) is 0 Å². The second-order valence-corrected chi connectivity index (χ2v) is 7.11. The van der Waals surface area contributed by atoms with E-state index < -0.39 is 0 Å². The lowest BCUT2D eigenvalue weighted by atomic mass is 9.84. The number of aliphatic hydroxyl groups excluding tert-OH is 1. The largest absolute Gasteiger partial charge is 0.394 e. The van der Waals surface area contributed by atoms with Crippen LogP contribution in [0.4, 0.5) is 0 Å². The summed E-state index contributed by atoms with van der Waals surface area (Å²) in [6.07, 6.45) is 4.72. The lowest BCUT2D eigenvalue weighted by molar-refractivity contribution is 0.0896. The van der Waals surface area contributed by atoms with E-state index in [0.29, 0.717) is 18.0 Å². The highest BCUT2D eigenvalue weighted by molar-refractivity contribution is 5.00. The van der Waals surface area contributed by atoms with E-state index in [1.807, 2.05) is 0 Å². The lowest BCUT2D eigenvalue weighted by Gasteiger charge is -2.38. The summed E-state index contributed by atoms with van der Waals surface area (Å²) in [5.74, 6) is 0.577. The standard InChI is InChI=1S/C17H36N2O2/c1-14(2)18-17(13-20)9-6-7-16(17)8-10-19(15(3)4)11-12-21-5/h14-16,18,20H,6-13H2,1-5H3. The molecule has 1 fully saturated rings. The van der Waals surface area contributed by atoms with Crippen LogP contribution in [-0.2, 0) is 4.74 Å². The van der Waals surface area contributed by atoms with Crippen molar-refractivity contribution in [1.29, 1.82) is 0 Å². The fourth-order valence-electron chi connectivity index (χ4n) is 3.74. The van der Waals surface area contributed by atoms with Gasteiger partial charge in [0.15, 0.2) is 0 Å². The predicted octanol–water partition coefficient (Wildman–Crippen LogP) is 2.26. The Kier molecular flexibility index (Phi) is 8.17. The fourth-order valence-corrected chi connectivity index (χ4v) is 3.74. The number of methoxy groups -OCH3 is 1. The first kappa shape index (κ1) is 18.9. The molecule has 21 heavy (non-hydrogen) atoms. The summed E-state index contributed by atoms with van der Waals surface area (Å²) in [6, 6.07) is 0.968. The highest BCUT2D eigenvalue weighted by atomic mass is 16.5. The summed E-state index contributed by atoms with van der Waals surface area (Å²) in [7, 11) is 1.76. The molecule has 0 bridgehead atoms. The summed E-state index contributed by atoms with van der Waals surface area (Å²) in [5.41, 5.74) is -0.0575. The van der Waals surface area contributed by atoms with Crippen molar-refractivity contribution in [2.45, 2.75) is 71.0 Å². The van der Waals surface area contributed by atoms with Crippen LogP contribution in [0.2, 0.25) is 0 Å². The number of rotatable bonds is 10. The van der Waals surface area contributed by atoms with Crippen LogP contribution in [-0.4, -0.2) is 61.0 Å². The minimum absolute atomic E-state index is 0.0575. The van der Waals surface area contributed by atoms with E-state index in [1.54, 1.807) is 7.11 Å². The molecule has 0 aromatic carbocycles. The van der Waals surface area contributed by atoms with Gasteiger partial charge in [0.1, 0.15) is 0 Å².